The van der Waals surface area contributed by atoms with Crippen LogP contribution in [0.5, 0.6) is 0 Å². The SMILES string of the molecule is Nc1c2c(cc(=O)n1-c1cccc(C(O)c3cccs3)c1)C(=O)NC2=O. The zero-order valence-corrected chi connectivity index (χ0v) is 14.1. The number of nitrogens with one attached hydrogen (secondary N) is 1. The zero-order valence-electron chi connectivity index (χ0n) is 13.3. The van der Waals surface area contributed by atoms with Gasteiger partial charge in [-0.05, 0) is 29.1 Å². The maximum Gasteiger partial charge on any atom is 0.262 e. The Kier molecular flexibility index (Phi) is 3.71. The zero-order chi connectivity index (χ0) is 18.4. The molecule has 4 N–H and O–H groups in total. The number of benzene rings is 1. The third-order valence-corrected chi connectivity index (χ3v) is 5.13. The van der Waals surface area contributed by atoms with Gasteiger partial charge in [0.05, 0.1) is 16.8 Å². The van der Waals surface area contributed by atoms with Crippen LogP contribution in [0.4, 0.5) is 5.82 Å². The van der Waals surface area contributed by atoms with Crippen molar-refractivity contribution in [3.05, 3.63) is 79.8 Å². The van der Waals surface area contributed by atoms with Crippen LogP contribution in [0, 0.1) is 0 Å². The van der Waals surface area contributed by atoms with Gasteiger partial charge < -0.3 is 10.8 Å². The normalized spacial score (nSPS) is 14.2. The van der Waals surface area contributed by atoms with E-state index in [1.165, 1.54) is 11.3 Å². The highest BCUT2D eigenvalue weighted by atomic mass is 32.1. The van der Waals surface area contributed by atoms with Crippen molar-refractivity contribution in [2.24, 2.45) is 0 Å². The number of carbonyl (C=O) groups excluding carboxylic acids is 2. The number of anilines is 1. The number of aromatic nitrogens is 1. The first-order valence-corrected chi connectivity index (χ1v) is 8.58. The molecule has 4 rings (SSSR count). The van der Waals surface area contributed by atoms with E-state index in [9.17, 15) is 19.5 Å². The molecule has 1 aliphatic rings. The molecule has 0 aliphatic carbocycles. The largest absolute Gasteiger partial charge is 0.384 e. The lowest BCUT2D eigenvalue weighted by Crippen LogP contribution is -2.24. The average molecular weight is 367 g/mol. The van der Waals surface area contributed by atoms with Gasteiger partial charge in [0.25, 0.3) is 17.4 Å². The Labute approximate surface area is 151 Å². The summed E-state index contributed by atoms with van der Waals surface area (Å²) in [7, 11) is 0. The third-order valence-electron chi connectivity index (χ3n) is 4.21. The molecular weight excluding hydrogens is 354 g/mol. The fraction of sp³-hybridized carbons (Fsp3) is 0.0556. The van der Waals surface area contributed by atoms with Crippen LogP contribution in [-0.2, 0) is 0 Å². The fourth-order valence-electron chi connectivity index (χ4n) is 2.99. The van der Waals surface area contributed by atoms with E-state index in [1.54, 1.807) is 24.3 Å². The molecule has 8 heteroatoms. The minimum atomic E-state index is -0.841. The van der Waals surface area contributed by atoms with Crippen molar-refractivity contribution < 1.29 is 14.7 Å². The van der Waals surface area contributed by atoms with E-state index in [4.69, 9.17) is 5.73 Å². The average Bonchev–Trinajstić information content (AvgIpc) is 3.23. The van der Waals surface area contributed by atoms with Crippen LogP contribution in [-0.4, -0.2) is 21.5 Å². The number of fused-ring (bicyclic) bond motifs is 1. The van der Waals surface area contributed by atoms with Gasteiger partial charge in [-0.1, -0.05) is 18.2 Å². The minimum absolute atomic E-state index is 0.0150. The number of pyridine rings is 1. The summed E-state index contributed by atoms with van der Waals surface area (Å²) in [6, 6.07) is 11.4. The van der Waals surface area contributed by atoms with Gasteiger partial charge in [0.1, 0.15) is 11.9 Å². The summed E-state index contributed by atoms with van der Waals surface area (Å²) in [5, 5.41) is 14.5. The fourth-order valence-corrected chi connectivity index (χ4v) is 3.73. The molecular formula is C18H13N3O4S. The predicted octanol–water partition coefficient (Wildman–Crippen LogP) is 1.45. The Morgan fingerprint density at radius 3 is 2.62 bits per heavy atom. The van der Waals surface area contributed by atoms with Gasteiger partial charge in [0, 0.05) is 10.9 Å². The lowest BCUT2D eigenvalue weighted by Gasteiger charge is -2.15. The number of thiophene rings is 1. The molecule has 3 heterocycles. The topological polar surface area (TPSA) is 114 Å². The summed E-state index contributed by atoms with van der Waals surface area (Å²) in [4.78, 5) is 37.0. The molecule has 1 atom stereocenters. The van der Waals surface area contributed by atoms with Gasteiger partial charge in [-0.3, -0.25) is 24.3 Å². The maximum atomic E-state index is 12.5. The van der Waals surface area contributed by atoms with Crippen molar-refractivity contribution in [1.29, 1.82) is 0 Å². The van der Waals surface area contributed by atoms with E-state index >= 15 is 0 Å². The molecule has 26 heavy (non-hydrogen) atoms. The molecule has 3 aromatic rings. The van der Waals surface area contributed by atoms with Crippen molar-refractivity contribution in [2.45, 2.75) is 6.10 Å². The molecule has 130 valence electrons. The monoisotopic (exact) mass is 367 g/mol. The van der Waals surface area contributed by atoms with Crippen molar-refractivity contribution in [3.63, 3.8) is 0 Å². The molecule has 0 saturated heterocycles. The number of rotatable bonds is 3. The Morgan fingerprint density at radius 1 is 1.08 bits per heavy atom. The smallest absolute Gasteiger partial charge is 0.262 e. The number of aliphatic hydroxyl groups excluding tert-OH is 1. The number of carbonyl (C=O) groups is 2. The van der Waals surface area contributed by atoms with E-state index in [0.717, 1.165) is 15.5 Å². The molecule has 7 nitrogen and oxygen atoms in total. The van der Waals surface area contributed by atoms with Crippen LogP contribution in [0.15, 0.2) is 52.6 Å². The van der Waals surface area contributed by atoms with Crippen LogP contribution in [0.2, 0.25) is 0 Å². The van der Waals surface area contributed by atoms with Gasteiger partial charge >= 0.3 is 0 Å². The number of nitrogens with zero attached hydrogens (tertiary/aromatic N) is 1. The van der Waals surface area contributed by atoms with Crippen LogP contribution in [0.3, 0.4) is 0 Å². The van der Waals surface area contributed by atoms with Crippen molar-refractivity contribution >= 4 is 29.0 Å². The lowest BCUT2D eigenvalue weighted by molar-refractivity contribution is 0.0880. The van der Waals surface area contributed by atoms with E-state index < -0.39 is 23.5 Å². The molecule has 1 aromatic carbocycles. The van der Waals surface area contributed by atoms with Gasteiger partial charge in [0.2, 0.25) is 0 Å². The van der Waals surface area contributed by atoms with E-state index in [2.05, 4.69) is 5.32 Å². The van der Waals surface area contributed by atoms with E-state index in [1.807, 2.05) is 17.5 Å². The third kappa shape index (κ3) is 2.43. The van der Waals surface area contributed by atoms with Crippen molar-refractivity contribution in [2.75, 3.05) is 5.73 Å². The second kappa shape index (κ2) is 5.94. The maximum absolute atomic E-state index is 12.5. The van der Waals surface area contributed by atoms with Gasteiger partial charge in [-0.15, -0.1) is 11.3 Å². The van der Waals surface area contributed by atoms with Gasteiger partial charge in [0.15, 0.2) is 0 Å². The number of aliphatic hydroxyl groups is 1. The van der Waals surface area contributed by atoms with E-state index in [0.29, 0.717) is 11.3 Å². The summed E-state index contributed by atoms with van der Waals surface area (Å²) in [5.41, 5.74) is 6.44. The van der Waals surface area contributed by atoms with Crippen molar-refractivity contribution in [1.82, 2.24) is 9.88 Å². The minimum Gasteiger partial charge on any atom is -0.384 e. The predicted molar refractivity (Wildman–Crippen MR) is 96.6 cm³/mol. The van der Waals surface area contributed by atoms with Gasteiger partial charge in [-0.2, -0.15) is 0 Å². The molecule has 0 fully saturated rings. The second-order valence-corrected chi connectivity index (χ2v) is 6.77. The molecule has 0 bridgehead atoms. The highest BCUT2D eigenvalue weighted by Gasteiger charge is 2.31. The molecule has 0 spiro atoms. The lowest BCUT2D eigenvalue weighted by atomic mass is 10.1. The first-order valence-electron chi connectivity index (χ1n) is 7.70. The first-order chi connectivity index (χ1) is 12.5. The number of hydrogen-bond acceptors (Lipinski definition) is 6. The van der Waals surface area contributed by atoms with Crippen LogP contribution in [0.25, 0.3) is 5.69 Å². The Balaban J connectivity index is 1.86. The summed E-state index contributed by atoms with van der Waals surface area (Å²) in [5.74, 6) is -1.38. The van der Waals surface area contributed by atoms with Gasteiger partial charge in [-0.25, -0.2) is 0 Å². The second-order valence-electron chi connectivity index (χ2n) is 5.79. The Bertz CT molecular complexity index is 1100. The molecule has 0 saturated carbocycles. The molecule has 0 radical (unpaired) electrons. The Morgan fingerprint density at radius 2 is 1.88 bits per heavy atom. The molecule has 1 unspecified atom stereocenters. The highest BCUT2D eigenvalue weighted by Crippen LogP contribution is 2.28. The number of imide groups is 1. The number of hydrogen-bond donors (Lipinski definition) is 3. The Hall–Kier alpha value is -3.23. The quantitative estimate of drug-likeness (QED) is 0.606. The van der Waals surface area contributed by atoms with Crippen LogP contribution in [0.1, 0.15) is 37.3 Å². The summed E-state index contributed by atoms with van der Waals surface area (Å²) < 4.78 is 1.15. The van der Waals surface area contributed by atoms with Crippen LogP contribution < -0.4 is 16.6 Å². The van der Waals surface area contributed by atoms with Crippen LogP contribution >= 0.6 is 11.3 Å². The number of amides is 2. The first kappa shape index (κ1) is 16.2. The van der Waals surface area contributed by atoms with Crippen molar-refractivity contribution in [3.8, 4) is 5.69 Å². The summed E-state index contributed by atoms with van der Waals surface area (Å²) in [6.07, 6.45) is -0.841. The van der Waals surface area contributed by atoms with E-state index in [-0.39, 0.29) is 16.9 Å². The molecule has 1 aliphatic heterocycles. The highest BCUT2D eigenvalue weighted by molar-refractivity contribution is 7.10. The number of nitrogen functional groups attached to an aromatic ring is 1. The number of nitrogens with two attached hydrogens (primary N) is 1. The standard InChI is InChI=1S/C18H13N3O4S/c19-16-14-11(17(24)20-18(14)25)8-13(22)21(16)10-4-1-3-9(7-10)15(23)12-5-2-6-26-12/h1-8,15,23H,19H2,(H,20,24,25). The summed E-state index contributed by atoms with van der Waals surface area (Å²) >= 11 is 1.42. The molecule has 2 amide bonds. The summed E-state index contributed by atoms with van der Waals surface area (Å²) in [6.45, 7) is 0. The molecule has 2 aromatic heterocycles.